The lowest BCUT2D eigenvalue weighted by molar-refractivity contribution is -0.127. The number of carbonyl (C=O) groups is 2. The summed E-state index contributed by atoms with van der Waals surface area (Å²) in [5, 5.41) is 3.75. The Morgan fingerprint density at radius 3 is 2.51 bits per heavy atom. The fraction of sp³-hybridized carbons (Fsp3) is 0.333. The molecule has 0 spiro atoms. The van der Waals surface area contributed by atoms with Gasteiger partial charge in [-0.05, 0) is 36.6 Å². The van der Waals surface area contributed by atoms with Crippen molar-refractivity contribution >= 4 is 23.4 Å². The second-order valence-electron chi connectivity index (χ2n) is 8.63. The van der Waals surface area contributed by atoms with Crippen LogP contribution in [0.3, 0.4) is 0 Å². The molecule has 1 heterocycles. The quantitative estimate of drug-likeness (QED) is 0.480. The zero-order valence-electron chi connectivity index (χ0n) is 19.7. The first-order chi connectivity index (χ1) is 17.1. The molecule has 1 unspecified atom stereocenters. The van der Waals surface area contributed by atoms with Crippen molar-refractivity contribution in [3.8, 4) is 5.75 Å². The molecule has 2 aromatic carbocycles. The molecule has 0 saturated heterocycles. The SMILES string of the molecule is COc1ccccc1CN(C(=O)c1cnccn1)C(C(=O)NC1CCCCC1)c1ccc(Cl)cc1. The van der Waals surface area contributed by atoms with Crippen LogP contribution in [0.1, 0.15) is 59.8 Å². The maximum Gasteiger partial charge on any atom is 0.275 e. The Hall–Kier alpha value is -3.45. The van der Waals surface area contributed by atoms with E-state index in [1.54, 1.807) is 31.4 Å². The van der Waals surface area contributed by atoms with Crippen molar-refractivity contribution in [2.45, 2.75) is 50.7 Å². The summed E-state index contributed by atoms with van der Waals surface area (Å²) in [6, 6.07) is 13.7. The van der Waals surface area contributed by atoms with Gasteiger partial charge in [-0.1, -0.05) is 61.2 Å². The summed E-state index contributed by atoms with van der Waals surface area (Å²) < 4.78 is 5.53. The predicted octanol–water partition coefficient (Wildman–Crippen LogP) is 4.97. The summed E-state index contributed by atoms with van der Waals surface area (Å²) in [5.74, 6) is 0.00102. The average molecular weight is 493 g/mol. The Labute approximate surface area is 210 Å². The minimum Gasteiger partial charge on any atom is -0.496 e. The predicted molar refractivity (Wildman–Crippen MR) is 134 cm³/mol. The second kappa shape index (κ2) is 11.8. The number of benzene rings is 2. The van der Waals surface area contributed by atoms with E-state index < -0.39 is 11.9 Å². The van der Waals surface area contributed by atoms with E-state index >= 15 is 0 Å². The number of nitrogens with one attached hydrogen (secondary N) is 1. The van der Waals surface area contributed by atoms with Crippen LogP contribution >= 0.6 is 11.6 Å². The molecule has 0 radical (unpaired) electrons. The fourth-order valence-electron chi connectivity index (χ4n) is 4.50. The molecule has 182 valence electrons. The molecule has 1 aromatic heterocycles. The first-order valence-corrected chi connectivity index (χ1v) is 12.2. The van der Waals surface area contributed by atoms with Crippen molar-refractivity contribution < 1.29 is 14.3 Å². The smallest absolute Gasteiger partial charge is 0.275 e. The zero-order chi connectivity index (χ0) is 24.6. The van der Waals surface area contributed by atoms with Crippen molar-refractivity contribution in [2.75, 3.05) is 7.11 Å². The first-order valence-electron chi connectivity index (χ1n) is 11.8. The molecule has 1 saturated carbocycles. The Balaban J connectivity index is 1.76. The van der Waals surface area contributed by atoms with E-state index in [2.05, 4.69) is 15.3 Å². The highest BCUT2D eigenvalue weighted by molar-refractivity contribution is 6.30. The molecule has 1 N–H and O–H groups in total. The molecule has 7 nitrogen and oxygen atoms in total. The lowest BCUT2D eigenvalue weighted by Crippen LogP contribution is -2.47. The molecule has 35 heavy (non-hydrogen) atoms. The Bertz CT molecular complexity index is 1130. The first kappa shape index (κ1) is 24.7. The normalized spacial score (nSPS) is 14.7. The lowest BCUT2D eigenvalue weighted by Gasteiger charge is -2.33. The van der Waals surface area contributed by atoms with Crippen LogP contribution in [-0.4, -0.2) is 39.8 Å². The van der Waals surface area contributed by atoms with E-state index in [-0.39, 0.29) is 24.2 Å². The number of carbonyl (C=O) groups excluding carboxylic acids is 2. The Morgan fingerprint density at radius 2 is 1.83 bits per heavy atom. The summed E-state index contributed by atoms with van der Waals surface area (Å²) in [6.45, 7) is 0.144. The third-order valence-electron chi connectivity index (χ3n) is 6.27. The molecule has 1 atom stereocenters. The van der Waals surface area contributed by atoms with Crippen LogP contribution in [0.2, 0.25) is 5.02 Å². The van der Waals surface area contributed by atoms with E-state index in [4.69, 9.17) is 16.3 Å². The Morgan fingerprint density at radius 1 is 1.09 bits per heavy atom. The summed E-state index contributed by atoms with van der Waals surface area (Å²) in [5.41, 5.74) is 1.60. The summed E-state index contributed by atoms with van der Waals surface area (Å²) in [4.78, 5) is 37.4. The maximum atomic E-state index is 13.8. The van der Waals surface area contributed by atoms with Crippen molar-refractivity contribution in [1.82, 2.24) is 20.2 Å². The van der Waals surface area contributed by atoms with Crippen molar-refractivity contribution in [2.24, 2.45) is 0 Å². The zero-order valence-corrected chi connectivity index (χ0v) is 20.4. The van der Waals surface area contributed by atoms with Crippen LogP contribution in [0.25, 0.3) is 0 Å². The molecule has 4 rings (SSSR count). The van der Waals surface area contributed by atoms with Crippen LogP contribution in [0.15, 0.2) is 67.1 Å². The van der Waals surface area contributed by atoms with Crippen LogP contribution < -0.4 is 10.1 Å². The van der Waals surface area contributed by atoms with Crippen LogP contribution in [0, 0.1) is 0 Å². The topological polar surface area (TPSA) is 84.4 Å². The highest BCUT2D eigenvalue weighted by atomic mass is 35.5. The van der Waals surface area contributed by atoms with Crippen LogP contribution in [0.5, 0.6) is 5.75 Å². The van der Waals surface area contributed by atoms with Gasteiger partial charge in [0.1, 0.15) is 17.5 Å². The minimum absolute atomic E-state index is 0.0887. The molecule has 1 aliphatic rings. The number of halogens is 1. The molecular formula is C27H29ClN4O3. The number of hydrogen-bond acceptors (Lipinski definition) is 5. The summed E-state index contributed by atoms with van der Waals surface area (Å²) in [7, 11) is 1.58. The number of methoxy groups -OCH3 is 1. The van der Waals surface area contributed by atoms with E-state index in [1.807, 2.05) is 24.3 Å². The number of hydrogen-bond donors (Lipinski definition) is 1. The largest absolute Gasteiger partial charge is 0.496 e. The monoisotopic (exact) mass is 492 g/mol. The van der Waals surface area contributed by atoms with Gasteiger partial charge in [0.15, 0.2) is 0 Å². The van der Waals surface area contributed by atoms with Crippen LogP contribution in [0.4, 0.5) is 0 Å². The van der Waals surface area contributed by atoms with Gasteiger partial charge in [0, 0.05) is 29.0 Å². The van der Waals surface area contributed by atoms with Crippen molar-refractivity contribution in [3.05, 3.63) is 89.0 Å². The number of para-hydroxylation sites is 1. The molecule has 8 heteroatoms. The second-order valence-corrected chi connectivity index (χ2v) is 9.07. The van der Waals surface area contributed by atoms with Gasteiger partial charge in [0.25, 0.3) is 5.91 Å². The number of nitrogens with zero attached hydrogens (tertiary/aromatic N) is 3. The number of amides is 2. The van der Waals surface area contributed by atoms with Crippen molar-refractivity contribution in [1.29, 1.82) is 0 Å². The highest BCUT2D eigenvalue weighted by Gasteiger charge is 2.34. The van der Waals surface area contributed by atoms with Gasteiger partial charge in [0.05, 0.1) is 19.9 Å². The molecular weight excluding hydrogens is 464 g/mol. The highest BCUT2D eigenvalue weighted by Crippen LogP contribution is 2.30. The summed E-state index contributed by atoms with van der Waals surface area (Å²) >= 11 is 6.14. The van der Waals surface area contributed by atoms with E-state index in [1.165, 1.54) is 29.9 Å². The number of rotatable bonds is 8. The Kier molecular flexibility index (Phi) is 8.32. The van der Waals surface area contributed by atoms with Crippen LogP contribution in [-0.2, 0) is 11.3 Å². The molecule has 0 aliphatic heterocycles. The minimum atomic E-state index is -0.895. The van der Waals surface area contributed by atoms with Gasteiger partial charge >= 0.3 is 0 Å². The number of ether oxygens (including phenoxy) is 1. The van der Waals surface area contributed by atoms with Gasteiger partial charge in [-0.25, -0.2) is 4.98 Å². The van der Waals surface area contributed by atoms with E-state index in [9.17, 15) is 9.59 Å². The van der Waals surface area contributed by atoms with Gasteiger partial charge in [-0.2, -0.15) is 0 Å². The van der Waals surface area contributed by atoms with Gasteiger partial charge < -0.3 is 15.0 Å². The van der Waals surface area contributed by atoms with Gasteiger partial charge in [0.2, 0.25) is 5.91 Å². The molecule has 1 aliphatic carbocycles. The maximum absolute atomic E-state index is 13.8. The standard InChI is InChI=1S/C27H29ClN4O3/c1-35-24-10-6-5-7-20(24)18-32(27(34)23-17-29-15-16-30-23)25(19-11-13-21(28)14-12-19)26(33)31-22-8-3-2-4-9-22/h5-7,10-17,22,25H,2-4,8-9,18H2,1H3,(H,31,33). The average Bonchev–Trinajstić information content (AvgIpc) is 2.90. The van der Waals surface area contributed by atoms with Crippen molar-refractivity contribution in [3.63, 3.8) is 0 Å². The van der Waals surface area contributed by atoms with Gasteiger partial charge in [-0.3, -0.25) is 14.6 Å². The fourth-order valence-corrected chi connectivity index (χ4v) is 4.63. The molecule has 3 aromatic rings. The summed E-state index contributed by atoms with van der Waals surface area (Å²) in [6.07, 6.45) is 9.60. The number of aromatic nitrogens is 2. The van der Waals surface area contributed by atoms with E-state index in [0.717, 1.165) is 31.2 Å². The third-order valence-corrected chi connectivity index (χ3v) is 6.53. The third kappa shape index (κ3) is 6.17. The molecule has 2 amide bonds. The van der Waals surface area contributed by atoms with E-state index in [0.29, 0.717) is 16.3 Å². The lowest BCUT2D eigenvalue weighted by atomic mass is 9.94. The van der Waals surface area contributed by atoms with Gasteiger partial charge in [-0.15, -0.1) is 0 Å². The molecule has 0 bridgehead atoms. The molecule has 1 fully saturated rings.